The molecule has 0 unspecified atom stereocenters. The van der Waals surface area contributed by atoms with Gasteiger partial charge >= 0.3 is 0 Å². The molecule has 1 heterocycles. The second-order valence-corrected chi connectivity index (χ2v) is 6.28. The summed E-state index contributed by atoms with van der Waals surface area (Å²) in [5.74, 6) is 2.71. The third-order valence-electron chi connectivity index (χ3n) is 2.15. The molecule has 1 nitrogen and oxygen atoms in total. The van der Waals surface area contributed by atoms with Gasteiger partial charge in [-0.05, 0) is 24.2 Å². The van der Waals surface area contributed by atoms with Crippen LogP contribution in [0.4, 0.5) is 0 Å². The van der Waals surface area contributed by atoms with E-state index in [1.807, 2.05) is 0 Å². The molecular weight excluding hydrogens is 156 g/mol. The molecule has 1 aliphatic rings. The first-order valence-corrected chi connectivity index (χ1v) is 5.81. The molecule has 1 fully saturated rings. The molecule has 11 heavy (non-hydrogen) atoms. The molecule has 0 atom stereocenters. The highest BCUT2D eigenvalue weighted by atomic mass is 32.2. The Morgan fingerprint density at radius 1 is 1.36 bits per heavy atom. The molecule has 1 aliphatic heterocycles. The van der Waals surface area contributed by atoms with Crippen LogP contribution in [0, 0.1) is 11.3 Å². The minimum atomic E-state index is -0.450. The van der Waals surface area contributed by atoms with Crippen molar-refractivity contribution in [3.05, 3.63) is 0 Å². The van der Waals surface area contributed by atoms with Crippen molar-refractivity contribution >= 4 is 10.8 Å². The Hall–Kier alpha value is 0.150. The van der Waals surface area contributed by atoms with Crippen molar-refractivity contribution in [3.8, 4) is 0 Å². The second kappa shape index (κ2) is 3.26. The average molecular weight is 174 g/mol. The molecule has 0 radical (unpaired) electrons. The molecule has 2 heteroatoms. The van der Waals surface area contributed by atoms with E-state index in [4.69, 9.17) is 0 Å². The lowest BCUT2D eigenvalue weighted by molar-refractivity contribution is 0.335. The van der Waals surface area contributed by atoms with Crippen LogP contribution in [0.1, 0.15) is 33.6 Å². The Labute approximate surface area is 72.0 Å². The number of hydrogen-bond donors (Lipinski definition) is 0. The van der Waals surface area contributed by atoms with Gasteiger partial charge in [-0.15, -0.1) is 0 Å². The third kappa shape index (κ3) is 3.37. The first-order chi connectivity index (χ1) is 4.97. The summed E-state index contributed by atoms with van der Waals surface area (Å²) in [6.07, 6.45) is 2.55. The van der Waals surface area contributed by atoms with Gasteiger partial charge in [0.05, 0.1) is 0 Å². The van der Waals surface area contributed by atoms with E-state index >= 15 is 0 Å². The average Bonchev–Trinajstić information content (AvgIpc) is 1.75. The lowest BCUT2D eigenvalue weighted by atomic mass is 9.87. The monoisotopic (exact) mass is 174 g/mol. The minimum Gasteiger partial charge on any atom is -0.260 e. The number of hydrogen-bond acceptors (Lipinski definition) is 1. The van der Waals surface area contributed by atoms with Gasteiger partial charge in [-0.2, -0.15) is 0 Å². The molecule has 0 spiro atoms. The van der Waals surface area contributed by atoms with Gasteiger partial charge in [-0.25, -0.2) is 0 Å². The minimum absolute atomic E-state index is 0.450. The van der Waals surface area contributed by atoms with Gasteiger partial charge in [0.1, 0.15) is 0 Å². The summed E-state index contributed by atoms with van der Waals surface area (Å²) in [6, 6.07) is 0. The summed E-state index contributed by atoms with van der Waals surface area (Å²) in [7, 11) is -0.450. The first-order valence-electron chi connectivity index (χ1n) is 4.32. The molecule has 0 bridgehead atoms. The van der Waals surface area contributed by atoms with E-state index in [9.17, 15) is 4.21 Å². The zero-order chi connectivity index (χ0) is 8.48. The highest BCUT2D eigenvalue weighted by Gasteiger charge is 2.26. The van der Waals surface area contributed by atoms with Crippen molar-refractivity contribution < 1.29 is 4.21 Å². The van der Waals surface area contributed by atoms with E-state index in [2.05, 4.69) is 20.8 Å². The molecule has 0 amide bonds. The molecule has 1 saturated heterocycles. The molecule has 0 aromatic carbocycles. The fraction of sp³-hybridized carbons (Fsp3) is 1.00. The Bertz CT molecular complexity index is 149. The van der Waals surface area contributed by atoms with E-state index in [0.29, 0.717) is 5.41 Å². The molecule has 0 aliphatic carbocycles. The maximum absolute atomic E-state index is 10.7. The Morgan fingerprint density at radius 2 is 1.91 bits per heavy atom. The van der Waals surface area contributed by atoms with Gasteiger partial charge in [0.2, 0.25) is 0 Å². The molecule has 0 aromatic heterocycles. The van der Waals surface area contributed by atoms with Gasteiger partial charge < -0.3 is 0 Å². The second-order valence-electron chi connectivity index (χ2n) is 4.74. The Morgan fingerprint density at radius 3 is 2.27 bits per heavy atom. The van der Waals surface area contributed by atoms with E-state index in [1.54, 1.807) is 0 Å². The maximum atomic E-state index is 10.7. The van der Waals surface area contributed by atoms with Gasteiger partial charge in [0, 0.05) is 22.3 Å². The molecule has 0 N–H and O–H groups in total. The van der Waals surface area contributed by atoms with Crippen LogP contribution in [-0.4, -0.2) is 15.7 Å². The van der Waals surface area contributed by atoms with Crippen LogP contribution < -0.4 is 0 Å². The smallest absolute Gasteiger partial charge is 0.0272 e. The largest absolute Gasteiger partial charge is 0.260 e. The maximum Gasteiger partial charge on any atom is 0.0272 e. The van der Waals surface area contributed by atoms with Gasteiger partial charge in [0.25, 0.3) is 0 Å². The summed E-state index contributed by atoms with van der Waals surface area (Å²) >= 11 is 0. The summed E-state index contributed by atoms with van der Waals surface area (Å²) in [4.78, 5) is 0. The Balaban J connectivity index is 2.10. The van der Waals surface area contributed by atoms with Gasteiger partial charge in [0.15, 0.2) is 0 Å². The lowest BCUT2D eigenvalue weighted by Gasteiger charge is -2.28. The van der Waals surface area contributed by atoms with Crippen molar-refractivity contribution in [1.82, 2.24) is 0 Å². The highest BCUT2D eigenvalue weighted by molar-refractivity contribution is 7.86. The Kier molecular flexibility index (Phi) is 2.74. The van der Waals surface area contributed by atoms with E-state index in [1.165, 1.54) is 12.8 Å². The fourth-order valence-electron chi connectivity index (χ4n) is 1.28. The van der Waals surface area contributed by atoms with Crippen molar-refractivity contribution in [2.45, 2.75) is 33.6 Å². The predicted molar refractivity (Wildman–Crippen MR) is 50.1 cm³/mol. The third-order valence-corrected chi connectivity index (χ3v) is 3.83. The summed E-state index contributed by atoms with van der Waals surface area (Å²) in [5.41, 5.74) is 0.455. The van der Waals surface area contributed by atoms with Crippen molar-refractivity contribution in [2.75, 3.05) is 11.5 Å². The van der Waals surface area contributed by atoms with E-state index in [-0.39, 0.29) is 0 Å². The highest BCUT2D eigenvalue weighted by Crippen LogP contribution is 2.27. The van der Waals surface area contributed by atoms with Crippen LogP contribution in [0.15, 0.2) is 0 Å². The predicted octanol–water partition coefficient (Wildman–Crippen LogP) is 2.19. The summed E-state index contributed by atoms with van der Waals surface area (Å²) < 4.78 is 10.7. The SMILES string of the molecule is CC(C)(C)CCC1CS(=O)C1. The zero-order valence-electron chi connectivity index (χ0n) is 7.72. The molecule has 1 rings (SSSR count). The lowest BCUT2D eigenvalue weighted by Crippen LogP contribution is -2.31. The summed E-state index contributed by atoms with van der Waals surface area (Å²) in [6.45, 7) is 6.80. The number of rotatable bonds is 2. The fourth-order valence-corrected chi connectivity index (χ4v) is 2.57. The van der Waals surface area contributed by atoms with E-state index in [0.717, 1.165) is 17.4 Å². The van der Waals surface area contributed by atoms with Crippen LogP contribution in [0.25, 0.3) is 0 Å². The van der Waals surface area contributed by atoms with Crippen molar-refractivity contribution in [2.24, 2.45) is 11.3 Å². The zero-order valence-corrected chi connectivity index (χ0v) is 8.54. The van der Waals surface area contributed by atoms with Gasteiger partial charge in [-0.3, -0.25) is 4.21 Å². The van der Waals surface area contributed by atoms with Crippen LogP contribution >= 0.6 is 0 Å². The molecular formula is C9H18OS. The van der Waals surface area contributed by atoms with Crippen LogP contribution in [0.2, 0.25) is 0 Å². The normalized spacial score (nSPS) is 31.5. The van der Waals surface area contributed by atoms with Crippen molar-refractivity contribution in [3.63, 3.8) is 0 Å². The molecule has 66 valence electrons. The first kappa shape index (κ1) is 9.24. The van der Waals surface area contributed by atoms with Crippen LogP contribution in [0.3, 0.4) is 0 Å². The van der Waals surface area contributed by atoms with Gasteiger partial charge in [-0.1, -0.05) is 20.8 Å². The van der Waals surface area contributed by atoms with E-state index < -0.39 is 10.8 Å². The quantitative estimate of drug-likeness (QED) is 0.627. The van der Waals surface area contributed by atoms with Crippen molar-refractivity contribution in [1.29, 1.82) is 0 Å². The van der Waals surface area contributed by atoms with Crippen LogP contribution in [-0.2, 0) is 10.8 Å². The summed E-state index contributed by atoms with van der Waals surface area (Å²) in [5, 5.41) is 0. The van der Waals surface area contributed by atoms with Crippen LogP contribution in [0.5, 0.6) is 0 Å². The standard InChI is InChI=1S/C9H18OS/c1-9(2,3)5-4-8-6-11(10)7-8/h8H,4-7H2,1-3H3. The molecule has 0 aromatic rings. The molecule has 0 saturated carbocycles. The topological polar surface area (TPSA) is 17.1 Å².